The minimum Gasteiger partial charge on any atom is -0.626 e. The number of hydrogen-bond donors (Lipinski definition) is 0. The van der Waals surface area contributed by atoms with Crippen molar-refractivity contribution >= 4 is 17.6 Å². The van der Waals surface area contributed by atoms with E-state index in [1.54, 1.807) is 27.7 Å². The molecule has 0 aliphatic rings. The third-order valence-corrected chi connectivity index (χ3v) is 6.13. The van der Waals surface area contributed by atoms with Crippen molar-refractivity contribution in [3.8, 4) is 0 Å². The van der Waals surface area contributed by atoms with E-state index in [1.165, 1.54) is 12.5 Å². The first kappa shape index (κ1) is 27.0. The zero-order chi connectivity index (χ0) is 20.6. The number of hydrogen-bond acceptors (Lipinski definition) is 3. The molecule has 5 heteroatoms. The Balaban J connectivity index is 0.00000676. The van der Waals surface area contributed by atoms with Crippen LogP contribution in [0.3, 0.4) is 0 Å². The predicted molar refractivity (Wildman–Crippen MR) is 107 cm³/mol. The molecular weight excluding hydrogens is 412 g/mol. The normalized spacial score (nSPS) is 12.8. The molecule has 0 unspecified atom stereocenters. The summed E-state index contributed by atoms with van der Waals surface area (Å²) in [5, 5.41) is 4.26. The van der Waals surface area contributed by atoms with Crippen LogP contribution in [0.15, 0.2) is 24.3 Å². The zero-order valence-corrected chi connectivity index (χ0v) is 23.9. The standard InChI is InChI=1S/C22H35NO3.Rb/c1-15(24)26-22(9,10)21(7,8)18(25)23-17-13-11-16(12-14-17)20(5,6)19(2,3)4;/h11-14H,1-10H3,(H,23,25);/q;+1/p-1. The summed E-state index contributed by atoms with van der Waals surface area (Å²) in [6.07, 6.45) is 0. The van der Waals surface area contributed by atoms with E-state index in [0.29, 0.717) is 5.69 Å². The Kier molecular flexibility index (Phi) is 9.18. The summed E-state index contributed by atoms with van der Waals surface area (Å²) in [5.74, 6) is -0.726. The van der Waals surface area contributed by atoms with E-state index in [9.17, 15) is 9.59 Å². The second-order valence-electron chi connectivity index (χ2n) is 9.57. The van der Waals surface area contributed by atoms with Gasteiger partial charge in [-0.1, -0.05) is 72.7 Å². The maximum absolute atomic E-state index is 12.7. The Labute approximate surface area is 214 Å². The molecule has 146 valence electrons. The fourth-order valence-electron chi connectivity index (χ4n) is 2.39. The molecule has 1 aromatic rings. The van der Waals surface area contributed by atoms with Crippen LogP contribution in [0.25, 0.3) is 5.32 Å². The van der Waals surface area contributed by atoms with Crippen molar-refractivity contribution in [1.29, 1.82) is 0 Å². The molecule has 1 rings (SSSR count). The third-order valence-electron chi connectivity index (χ3n) is 6.13. The first-order chi connectivity index (χ1) is 11.5. The Morgan fingerprint density at radius 3 is 1.67 bits per heavy atom. The number of benzene rings is 1. The molecule has 0 atom stereocenters. The van der Waals surface area contributed by atoms with Gasteiger partial charge < -0.3 is 14.8 Å². The van der Waals surface area contributed by atoms with Crippen molar-refractivity contribution in [2.75, 3.05) is 0 Å². The molecule has 0 radical (unpaired) electrons. The quantitative estimate of drug-likeness (QED) is 0.655. The molecule has 0 fully saturated rings. The van der Waals surface area contributed by atoms with Crippen molar-refractivity contribution in [2.45, 2.75) is 80.3 Å². The van der Waals surface area contributed by atoms with Crippen LogP contribution < -0.4 is 58.2 Å². The summed E-state index contributed by atoms with van der Waals surface area (Å²) in [4.78, 5) is 24.1. The van der Waals surface area contributed by atoms with Gasteiger partial charge in [0.05, 0.1) is 5.91 Å². The van der Waals surface area contributed by atoms with Crippen molar-refractivity contribution in [3.63, 3.8) is 0 Å². The molecule has 0 aliphatic heterocycles. The van der Waals surface area contributed by atoms with E-state index < -0.39 is 17.0 Å². The van der Waals surface area contributed by atoms with E-state index in [1.807, 2.05) is 24.3 Å². The van der Waals surface area contributed by atoms with Gasteiger partial charge in [-0.2, -0.15) is 0 Å². The largest absolute Gasteiger partial charge is 1.00 e. The van der Waals surface area contributed by atoms with Gasteiger partial charge in [-0.3, -0.25) is 4.79 Å². The van der Waals surface area contributed by atoms with E-state index in [-0.39, 0.29) is 74.9 Å². The molecule has 0 N–H and O–H groups in total. The Morgan fingerprint density at radius 1 is 0.852 bits per heavy atom. The molecular formula is C22H34NO3Rb. The van der Waals surface area contributed by atoms with Crippen LogP contribution in [0.5, 0.6) is 0 Å². The van der Waals surface area contributed by atoms with Gasteiger partial charge in [0.1, 0.15) is 5.60 Å². The number of ether oxygens (including phenoxy) is 1. The van der Waals surface area contributed by atoms with Crippen LogP contribution in [-0.4, -0.2) is 17.5 Å². The summed E-state index contributed by atoms with van der Waals surface area (Å²) in [6, 6.07) is 7.80. The number of esters is 1. The van der Waals surface area contributed by atoms with Crippen LogP contribution in [0.4, 0.5) is 5.69 Å². The van der Waals surface area contributed by atoms with Crippen LogP contribution in [-0.2, 0) is 19.7 Å². The van der Waals surface area contributed by atoms with Crippen LogP contribution >= 0.6 is 0 Å². The van der Waals surface area contributed by atoms with Crippen molar-refractivity contribution in [2.24, 2.45) is 10.8 Å². The minimum atomic E-state index is -0.951. The second-order valence-corrected chi connectivity index (χ2v) is 9.57. The summed E-state index contributed by atoms with van der Waals surface area (Å²) in [7, 11) is 0. The molecule has 27 heavy (non-hydrogen) atoms. The average molecular weight is 446 g/mol. The van der Waals surface area contributed by atoms with Crippen molar-refractivity contribution < 1.29 is 72.5 Å². The van der Waals surface area contributed by atoms with Crippen molar-refractivity contribution in [1.82, 2.24) is 0 Å². The van der Waals surface area contributed by atoms with Crippen molar-refractivity contribution in [3.05, 3.63) is 35.1 Å². The Hall–Kier alpha value is -0.0348. The molecule has 4 nitrogen and oxygen atoms in total. The smallest absolute Gasteiger partial charge is 0.626 e. The van der Waals surface area contributed by atoms with Gasteiger partial charge in [-0.25, -0.2) is 0 Å². The minimum absolute atomic E-state index is 0. The Morgan fingerprint density at radius 2 is 1.30 bits per heavy atom. The number of carbonyl (C=O) groups excluding carboxylic acids is 2. The number of rotatable bonds is 5. The van der Waals surface area contributed by atoms with E-state index in [2.05, 4.69) is 39.9 Å². The monoisotopic (exact) mass is 445 g/mol. The van der Waals surface area contributed by atoms with Crippen LogP contribution in [0.1, 0.15) is 74.8 Å². The molecule has 0 saturated heterocycles. The SMILES string of the molecule is CC(=O)OC(C)(C)C(C)(C)C(=O)[N-]c1ccc(C(C)(C)C(C)(C)C)cc1.[Rb+]. The molecule has 0 bridgehead atoms. The fourth-order valence-corrected chi connectivity index (χ4v) is 2.39. The molecule has 0 saturated carbocycles. The molecule has 1 aromatic carbocycles. The fraction of sp³-hybridized carbons (Fsp3) is 0.636. The molecule has 0 spiro atoms. The number of amides is 1. The first-order valence-corrected chi connectivity index (χ1v) is 9.09. The average Bonchev–Trinajstić information content (AvgIpc) is 2.45. The number of carbonyl (C=O) groups is 2. The second kappa shape index (κ2) is 9.19. The molecule has 0 heterocycles. The maximum atomic E-state index is 12.7. The van der Waals surface area contributed by atoms with Gasteiger partial charge in [-0.15, -0.1) is 5.69 Å². The summed E-state index contributed by atoms with van der Waals surface area (Å²) >= 11 is 0. The third kappa shape index (κ3) is 6.22. The van der Waals surface area contributed by atoms with E-state index >= 15 is 0 Å². The van der Waals surface area contributed by atoms with Crippen LogP contribution in [0, 0.1) is 10.8 Å². The summed E-state index contributed by atoms with van der Waals surface area (Å²) < 4.78 is 5.34. The maximum Gasteiger partial charge on any atom is 1.00 e. The van der Waals surface area contributed by atoms with Crippen LogP contribution in [0.2, 0.25) is 0 Å². The van der Waals surface area contributed by atoms with E-state index in [4.69, 9.17) is 4.74 Å². The molecule has 0 aliphatic carbocycles. The predicted octanol–water partition coefficient (Wildman–Crippen LogP) is 2.91. The van der Waals surface area contributed by atoms with E-state index in [0.717, 1.165) is 0 Å². The van der Waals surface area contributed by atoms with Gasteiger partial charge in [-0.05, 0) is 30.2 Å². The van der Waals surface area contributed by atoms with Gasteiger partial charge in [0.15, 0.2) is 0 Å². The number of nitrogens with zero attached hydrogens (tertiary/aromatic N) is 1. The summed E-state index contributed by atoms with van der Waals surface area (Å²) in [5.41, 5.74) is 0.0188. The topological polar surface area (TPSA) is 57.5 Å². The van der Waals surface area contributed by atoms with Gasteiger partial charge in [0, 0.05) is 12.3 Å². The molecule has 0 aromatic heterocycles. The van der Waals surface area contributed by atoms with Gasteiger partial charge >= 0.3 is 64.2 Å². The Bertz CT molecular complexity index is 668. The first-order valence-electron chi connectivity index (χ1n) is 9.09. The van der Waals surface area contributed by atoms with Gasteiger partial charge in [0.25, 0.3) is 0 Å². The molecule has 1 amide bonds. The zero-order valence-electron chi connectivity index (χ0n) is 19.0. The van der Waals surface area contributed by atoms with Gasteiger partial charge in [0.2, 0.25) is 0 Å². The summed E-state index contributed by atoms with van der Waals surface area (Å²) in [6.45, 7) is 19.4.